The number of aromatic nitrogens is 2. The van der Waals surface area contributed by atoms with Crippen LogP contribution in [0.25, 0.3) is 0 Å². The minimum Gasteiger partial charge on any atom is -0.388 e. The van der Waals surface area contributed by atoms with Gasteiger partial charge in [0, 0.05) is 28.8 Å². The lowest BCUT2D eigenvalue weighted by Crippen LogP contribution is -2.17. The molecule has 0 radical (unpaired) electrons. The predicted octanol–water partition coefficient (Wildman–Crippen LogP) is 4.85. The number of rotatable bonds is 4. The quantitative estimate of drug-likeness (QED) is 0.695. The van der Waals surface area contributed by atoms with Gasteiger partial charge in [-0.05, 0) is 37.3 Å². The van der Waals surface area contributed by atoms with E-state index in [1.54, 1.807) is 36.7 Å². The molecule has 2 N–H and O–H groups in total. The fourth-order valence-corrected chi connectivity index (χ4v) is 2.88. The second-order valence-electron chi connectivity index (χ2n) is 4.75. The smallest absolute Gasteiger partial charge is 0.388 e. The largest absolute Gasteiger partial charge is 0.418 e. The maximum absolute atomic E-state index is 12.1. The zero-order valence-electron chi connectivity index (χ0n) is 12.6. The molecule has 8 heteroatoms. The number of hydrogen-bond donors (Lipinski definition) is 2. The number of halogens is 1. The molecule has 1 aromatic carbocycles. The van der Waals surface area contributed by atoms with Crippen molar-refractivity contribution < 1.29 is 9.53 Å². The molecule has 0 saturated carbocycles. The fourth-order valence-electron chi connectivity index (χ4n) is 1.92. The molecule has 2 heterocycles. The lowest BCUT2D eigenvalue weighted by atomic mass is 10.3. The van der Waals surface area contributed by atoms with Gasteiger partial charge in [-0.3, -0.25) is 10.3 Å². The van der Waals surface area contributed by atoms with Gasteiger partial charge in [0.1, 0.15) is 0 Å². The molecule has 122 valence electrons. The summed E-state index contributed by atoms with van der Waals surface area (Å²) in [4.78, 5) is 20.3. The molecule has 6 nitrogen and oxygen atoms in total. The number of carbonyl (C=O) groups excluding carboxylic acids is 1. The van der Waals surface area contributed by atoms with Gasteiger partial charge >= 0.3 is 6.09 Å². The van der Waals surface area contributed by atoms with E-state index in [0.29, 0.717) is 15.7 Å². The van der Waals surface area contributed by atoms with Gasteiger partial charge in [0.2, 0.25) is 0 Å². The summed E-state index contributed by atoms with van der Waals surface area (Å²) in [5.74, 6) is 0.217. The SMILES string of the molecule is Cc1nc(OC(=O)Nc2cccc(Cl)c2)c(Nc2ccncc2)s1. The van der Waals surface area contributed by atoms with Crippen LogP contribution < -0.4 is 15.4 Å². The highest BCUT2D eigenvalue weighted by Gasteiger charge is 2.15. The molecule has 2 aromatic heterocycles. The second kappa shape index (κ2) is 7.29. The number of thiazole rings is 1. The molecule has 0 aliphatic rings. The first-order valence-electron chi connectivity index (χ1n) is 6.99. The zero-order chi connectivity index (χ0) is 16.9. The van der Waals surface area contributed by atoms with E-state index in [-0.39, 0.29) is 5.88 Å². The summed E-state index contributed by atoms with van der Waals surface area (Å²) in [6.07, 6.45) is 2.70. The number of pyridine rings is 1. The highest BCUT2D eigenvalue weighted by atomic mass is 35.5. The van der Waals surface area contributed by atoms with Crippen LogP contribution in [0.4, 0.5) is 21.2 Å². The molecule has 3 rings (SSSR count). The number of benzene rings is 1. The summed E-state index contributed by atoms with van der Waals surface area (Å²) in [6, 6.07) is 10.4. The van der Waals surface area contributed by atoms with Crippen molar-refractivity contribution in [2.24, 2.45) is 0 Å². The van der Waals surface area contributed by atoms with Crippen molar-refractivity contribution in [2.75, 3.05) is 10.6 Å². The first-order chi connectivity index (χ1) is 11.6. The number of ether oxygens (including phenoxy) is 1. The summed E-state index contributed by atoms with van der Waals surface area (Å²) in [5, 5.41) is 7.71. The van der Waals surface area contributed by atoms with E-state index in [0.717, 1.165) is 10.7 Å². The number of carbonyl (C=O) groups is 1. The Kier molecular flexibility index (Phi) is 4.93. The number of hydrogen-bond acceptors (Lipinski definition) is 6. The van der Waals surface area contributed by atoms with E-state index >= 15 is 0 Å². The van der Waals surface area contributed by atoms with Crippen molar-refractivity contribution in [2.45, 2.75) is 6.92 Å². The third-order valence-electron chi connectivity index (χ3n) is 2.90. The lowest BCUT2D eigenvalue weighted by molar-refractivity contribution is 0.214. The van der Waals surface area contributed by atoms with E-state index in [1.807, 2.05) is 19.1 Å². The molecule has 0 atom stereocenters. The van der Waals surface area contributed by atoms with Crippen LogP contribution in [-0.2, 0) is 0 Å². The number of anilines is 3. The molecule has 3 aromatic rings. The molecule has 0 spiro atoms. The topological polar surface area (TPSA) is 76.1 Å². The number of nitrogens with one attached hydrogen (secondary N) is 2. The van der Waals surface area contributed by atoms with Crippen LogP contribution >= 0.6 is 22.9 Å². The van der Waals surface area contributed by atoms with Gasteiger partial charge in [-0.1, -0.05) is 29.0 Å². The van der Waals surface area contributed by atoms with Crippen LogP contribution in [0.1, 0.15) is 5.01 Å². The number of amides is 1. The highest BCUT2D eigenvalue weighted by Crippen LogP contribution is 2.33. The number of nitrogens with zero attached hydrogens (tertiary/aromatic N) is 2. The van der Waals surface area contributed by atoms with Crippen LogP contribution in [0.5, 0.6) is 5.88 Å². The van der Waals surface area contributed by atoms with E-state index < -0.39 is 6.09 Å². The normalized spacial score (nSPS) is 10.2. The molecule has 0 saturated heterocycles. The van der Waals surface area contributed by atoms with Crippen LogP contribution in [0.15, 0.2) is 48.8 Å². The lowest BCUT2D eigenvalue weighted by Gasteiger charge is -2.08. The third kappa shape index (κ3) is 4.21. The summed E-state index contributed by atoms with van der Waals surface area (Å²) in [7, 11) is 0. The average Bonchev–Trinajstić information content (AvgIpc) is 2.87. The Labute approximate surface area is 147 Å². The van der Waals surface area contributed by atoms with E-state index in [1.165, 1.54) is 11.3 Å². The third-order valence-corrected chi connectivity index (χ3v) is 4.00. The minimum absolute atomic E-state index is 0.217. The van der Waals surface area contributed by atoms with Gasteiger partial charge in [-0.15, -0.1) is 0 Å². The average molecular weight is 361 g/mol. The van der Waals surface area contributed by atoms with Crippen LogP contribution in [-0.4, -0.2) is 16.1 Å². The monoisotopic (exact) mass is 360 g/mol. The first kappa shape index (κ1) is 16.2. The van der Waals surface area contributed by atoms with Crippen LogP contribution in [0.2, 0.25) is 5.02 Å². The molecular weight excluding hydrogens is 348 g/mol. The first-order valence-corrected chi connectivity index (χ1v) is 8.18. The van der Waals surface area contributed by atoms with Gasteiger partial charge in [-0.2, -0.15) is 0 Å². The van der Waals surface area contributed by atoms with E-state index in [9.17, 15) is 4.79 Å². The standard InChI is InChI=1S/C16H13ClN4O2S/c1-10-19-14(15(24-10)20-12-5-7-18-8-6-12)23-16(22)21-13-4-2-3-11(17)9-13/h2-9H,1H3,(H,18,20)(H,21,22). The number of aryl methyl sites for hydroxylation is 1. The van der Waals surface area contributed by atoms with Crippen molar-refractivity contribution >= 4 is 45.4 Å². The van der Waals surface area contributed by atoms with Gasteiger partial charge < -0.3 is 10.1 Å². The zero-order valence-corrected chi connectivity index (χ0v) is 14.2. The molecule has 0 bridgehead atoms. The molecule has 0 unspecified atom stereocenters. The van der Waals surface area contributed by atoms with Crippen LogP contribution in [0.3, 0.4) is 0 Å². The molecule has 0 aliphatic heterocycles. The molecule has 1 amide bonds. The van der Waals surface area contributed by atoms with Crippen molar-refractivity contribution in [1.82, 2.24) is 9.97 Å². The Hall–Kier alpha value is -2.64. The van der Waals surface area contributed by atoms with E-state index in [4.69, 9.17) is 16.3 Å². The molecule has 24 heavy (non-hydrogen) atoms. The summed E-state index contributed by atoms with van der Waals surface area (Å²) >= 11 is 7.28. The van der Waals surface area contributed by atoms with E-state index in [2.05, 4.69) is 20.6 Å². The van der Waals surface area contributed by atoms with Gasteiger partial charge in [0.05, 0.1) is 5.01 Å². The maximum atomic E-state index is 12.1. The minimum atomic E-state index is -0.639. The second-order valence-corrected chi connectivity index (χ2v) is 6.39. The molecule has 0 aliphatic carbocycles. The Morgan fingerprint density at radius 2 is 2.00 bits per heavy atom. The molecule has 0 fully saturated rings. The van der Waals surface area contributed by atoms with Gasteiger partial charge in [-0.25, -0.2) is 9.78 Å². The highest BCUT2D eigenvalue weighted by molar-refractivity contribution is 7.16. The summed E-state index contributed by atoms with van der Waals surface area (Å²) in [6.45, 7) is 1.84. The Bertz CT molecular complexity index is 854. The predicted molar refractivity (Wildman–Crippen MR) is 95.5 cm³/mol. The van der Waals surface area contributed by atoms with Crippen molar-refractivity contribution in [1.29, 1.82) is 0 Å². The molecular formula is C16H13ClN4O2S. The maximum Gasteiger partial charge on any atom is 0.418 e. The van der Waals surface area contributed by atoms with Gasteiger partial charge in [0.25, 0.3) is 5.88 Å². The van der Waals surface area contributed by atoms with Gasteiger partial charge in [0.15, 0.2) is 5.00 Å². The Balaban J connectivity index is 1.71. The Morgan fingerprint density at radius 3 is 2.75 bits per heavy atom. The van der Waals surface area contributed by atoms with Crippen LogP contribution in [0, 0.1) is 6.92 Å². The van der Waals surface area contributed by atoms with Crippen molar-refractivity contribution in [3.63, 3.8) is 0 Å². The van der Waals surface area contributed by atoms with Crippen molar-refractivity contribution in [3.8, 4) is 5.88 Å². The van der Waals surface area contributed by atoms with Crippen molar-refractivity contribution in [3.05, 3.63) is 58.8 Å². The summed E-state index contributed by atoms with van der Waals surface area (Å²) < 4.78 is 5.31. The summed E-state index contributed by atoms with van der Waals surface area (Å²) in [5.41, 5.74) is 1.37. The fraction of sp³-hybridized carbons (Fsp3) is 0.0625. The Morgan fingerprint density at radius 1 is 1.21 bits per heavy atom.